The quantitative estimate of drug-likeness (QED) is 0.188. The molecule has 0 spiro atoms. The molecule has 0 aliphatic rings. The van der Waals surface area contributed by atoms with Crippen molar-refractivity contribution in [3.05, 3.63) is 84.9 Å². The van der Waals surface area contributed by atoms with E-state index in [1.165, 1.54) is 0 Å². The first-order chi connectivity index (χ1) is 17.1. The molecular weight excluding hydrogens is 452 g/mol. The van der Waals surface area contributed by atoms with Gasteiger partial charge in [0.25, 0.3) is 11.2 Å². The van der Waals surface area contributed by atoms with Crippen molar-refractivity contribution in [2.75, 3.05) is 13.2 Å². The maximum atomic E-state index is 14.2. The molecule has 0 aliphatic carbocycles. The van der Waals surface area contributed by atoms with E-state index in [4.69, 9.17) is 9.47 Å². The maximum Gasteiger partial charge on any atom is 0.372 e. The average Bonchev–Trinajstić information content (AvgIpc) is 2.89. The van der Waals surface area contributed by atoms with Gasteiger partial charge in [0.2, 0.25) is 0 Å². The molecule has 0 fully saturated rings. The van der Waals surface area contributed by atoms with E-state index in [1.807, 2.05) is 98.8 Å². The second-order valence-corrected chi connectivity index (χ2v) is 12.2. The van der Waals surface area contributed by atoms with E-state index < -0.39 is 19.3 Å². The molecule has 0 atom stereocenters. The van der Waals surface area contributed by atoms with Crippen LogP contribution in [0.5, 0.6) is 0 Å². The zero-order valence-electron chi connectivity index (χ0n) is 20.5. The van der Waals surface area contributed by atoms with Gasteiger partial charge in [-0.2, -0.15) is 0 Å². The molecule has 0 saturated heterocycles. The summed E-state index contributed by atoms with van der Waals surface area (Å²) < 4.78 is 11.8. The van der Waals surface area contributed by atoms with Crippen LogP contribution >= 0.6 is 0 Å². The van der Waals surface area contributed by atoms with E-state index in [0.29, 0.717) is 0 Å². The lowest BCUT2D eigenvalue weighted by atomic mass is 10.1. The van der Waals surface area contributed by atoms with Gasteiger partial charge in [-0.25, -0.2) is 0 Å². The van der Waals surface area contributed by atoms with Crippen LogP contribution in [0.4, 0.5) is 9.59 Å². The van der Waals surface area contributed by atoms with Crippen molar-refractivity contribution in [2.24, 2.45) is 0 Å². The summed E-state index contributed by atoms with van der Waals surface area (Å²) >= 11 is 0. The Morgan fingerprint density at radius 3 is 1.43 bits per heavy atom. The van der Waals surface area contributed by atoms with Crippen LogP contribution in [-0.4, -0.2) is 32.5 Å². The van der Waals surface area contributed by atoms with Crippen molar-refractivity contribution < 1.29 is 19.1 Å². The Morgan fingerprint density at radius 2 is 1.00 bits per heavy atom. The fourth-order valence-corrected chi connectivity index (χ4v) is 8.54. The Hall–Kier alpha value is -3.44. The molecule has 0 heterocycles. The molecule has 4 nitrogen and oxygen atoms in total. The van der Waals surface area contributed by atoms with E-state index in [9.17, 15) is 9.59 Å². The summed E-state index contributed by atoms with van der Waals surface area (Å²) in [6.45, 7) is 4.66. The standard InChI is InChI=1S/C30H32O4Si/c1-3-5-21-33-29(31)35(30(32)34-22-6-4-2,27-19-11-15-23-13-7-9-17-25(23)27)28-20-12-16-24-14-8-10-18-26(24)28/h7-20H,3-6,21-22H2,1-2H3. The van der Waals surface area contributed by atoms with Crippen LogP contribution in [0.3, 0.4) is 0 Å². The predicted molar refractivity (Wildman–Crippen MR) is 145 cm³/mol. The zero-order chi connectivity index (χ0) is 24.7. The highest BCUT2D eigenvalue weighted by Gasteiger charge is 2.58. The van der Waals surface area contributed by atoms with Gasteiger partial charge >= 0.3 is 8.07 Å². The van der Waals surface area contributed by atoms with Crippen molar-refractivity contribution >= 4 is 51.2 Å². The Morgan fingerprint density at radius 1 is 0.600 bits per heavy atom. The summed E-state index contributed by atoms with van der Waals surface area (Å²) in [6.07, 6.45) is 3.27. The third kappa shape index (κ3) is 4.73. The van der Waals surface area contributed by atoms with Crippen molar-refractivity contribution in [3.8, 4) is 0 Å². The van der Waals surface area contributed by atoms with E-state index in [0.717, 1.165) is 57.6 Å². The summed E-state index contributed by atoms with van der Waals surface area (Å²) in [4.78, 5) is 28.5. The summed E-state index contributed by atoms with van der Waals surface area (Å²) in [5.41, 5.74) is -0.916. The highest BCUT2D eigenvalue weighted by molar-refractivity contribution is 7.38. The summed E-state index contributed by atoms with van der Waals surface area (Å²) in [5, 5.41) is 5.16. The number of ether oxygens (including phenoxy) is 2. The molecule has 0 unspecified atom stereocenters. The lowest BCUT2D eigenvalue weighted by Crippen LogP contribution is -2.71. The first-order valence-electron chi connectivity index (χ1n) is 12.5. The van der Waals surface area contributed by atoms with Gasteiger partial charge in [0, 0.05) is 0 Å². The van der Waals surface area contributed by atoms with Crippen LogP contribution in [0, 0.1) is 0 Å². The molecule has 5 heteroatoms. The number of unbranched alkanes of at least 4 members (excludes halogenated alkanes) is 2. The second kappa shape index (κ2) is 11.3. The largest absolute Gasteiger partial charge is 0.469 e. The van der Waals surface area contributed by atoms with Gasteiger partial charge in [0.05, 0.1) is 13.2 Å². The minimum absolute atomic E-state index is 0.280. The van der Waals surface area contributed by atoms with Crippen molar-refractivity contribution in [1.82, 2.24) is 0 Å². The number of hydrogen-bond donors (Lipinski definition) is 0. The Kier molecular flexibility index (Phi) is 7.98. The van der Waals surface area contributed by atoms with Crippen molar-refractivity contribution in [1.29, 1.82) is 0 Å². The molecule has 0 amide bonds. The average molecular weight is 485 g/mol. The highest BCUT2D eigenvalue weighted by Crippen LogP contribution is 2.24. The van der Waals surface area contributed by atoms with E-state index in [2.05, 4.69) is 0 Å². The molecule has 0 aromatic heterocycles. The van der Waals surface area contributed by atoms with E-state index in [1.54, 1.807) is 0 Å². The Balaban J connectivity index is 2.06. The lowest BCUT2D eigenvalue weighted by molar-refractivity contribution is 0.160. The summed E-state index contributed by atoms with van der Waals surface area (Å²) in [5.74, 6) is 0. The zero-order valence-corrected chi connectivity index (χ0v) is 21.5. The number of carbonyl (C=O) groups is 2. The molecule has 4 aromatic carbocycles. The summed E-state index contributed by atoms with van der Waals surface area (Å²) in [7, 11) is -3.91. The Bertz CT molecular complexity index is 1220. The molecule has 0 saturated carbocycles. The number of benzene rings is 4. The van der Waals surface area contributed by atoms with E-state index in [-0.39, 0.29) is 13.2 Å². The molecule has 0 radical (unpaired) electrons. The van der Waals surface area contributed by atoms with Gasteiger partial charge in [0.15, 0.2) is 0 Å². The van der Waals surface area contributed by atoms with Gasteiger partial charge in [-0.3, -0.25) is 9.59 Å². The third-order valence-corrected chi connectivity index (χ3v) is 10.5. The van der Waals surface area contributed by atoms with Gasteiger partial charge in [-0.15, -0.1) is 0 Å². The normalized spacial score (nSPS) is 11.5. The van der Waals surface area contributed by atoms with Crippen LogP contribution < -0.4 is 10.4 Å². The van der Waals surface area contributed by atoms with Crippen LogP contribution in [-0.2, 0) is 9.47 Å². The molecule has 4 rings (SSSR count). The van der Waals surface area contributed by atoms with Crippen LogP contribution in [0.25, 0.3) is 21.5 Å². The van der Waals surface area contributed by atoms with Gasteiger partial charge in [0.1, 0.15) is 0 Å². The smallest absolute Gasteiger partial charge is 0.372 e. The predicted octanol–water partition coefficient (Wildman–Crippen LogP) is 6.59. The topological polar surface area (TPSA) is 52.6 Å². The molecule has 35 heavy (non-hydrogen) atoms. The molecule has 180 valence electrons. The minimum atomic E-state index is -3.91. The molecule has 4 aromatic rings. The molecule has 0 aliphatic heterocycles. The van der Waals surface area contributed by atoms with Crippen LogP contribution in [0.15, 0.2) is 84.9 Å². The number of fused-ring (bicyclic) bond motifs is 2. The fourth-order valence-electron chi connectivity index (χ4n) is 4.61. The minimum Gasteiger partial charge on any atom is -0.469 e. The molecule has 0 N–H and O–H groups in total. The Labute approximate surface area is 207 Å². The summed E-state index contributed by atoms with van der Waals surface area (Å²) in [6, 6.07) is 27.5. The maximum absolute atomic E-state index is 14.2. The molecule has 0 bridgehead atoms. The van der Waals surface area contributed by atoms with E-state index >= 15 is 0 Å². The van der Waals surface area contributed by atoms with Crippen LogP contribution in [0.2, 0.25) is 0 Å². The van der Waals surface area contributed by atoms with Crippen molar-refractivity contribution in [3.63, 3.8) is 0 Å². The number of rotatable bonds is 10. The highest BCUT2D eigenvalue weighted by atomic mass is 28.3. The van der Waals surface area contributed by atoms with Crippen LogP contribution in [0.1, 0.15) is 39.5 Å². The first kappa shape index (κ1) is 24.7. The van der Waals surface area contributed by atoms with Crippen molar-refractivity contribution in [2.45, 2.75) is 39.5 Å². The number of carbonyl (C=O) groups excluding carboxylic acids is 2. The third-order valence-electron chi connectivity index (χ3n) is 6.46. The lowest BCUT2D eigenvalue weighted by Gasteiger charge is -2.30. The SMILES string of the molecule is CCCCOC(=O)[Si](C(=O)OCCCC)(c1cccc2ccccc12)c1cccc2ccccc12. The fraction of sp³-hybridized carbons (Fsp3) is 0.267. The first-order valence-corrected chi connectivity index (χ1v) is 14.5. The molecular formula is C30H32O4Si. The van der Waals surface area contributed by atoms with Gasteiger partial charge < -0.3 is 9.47 Å². The monoisotopic (exact) mass is 484 g/mol. The van der Waals surface area contributed by atoms with Gasteiger partial charge in [-0.05, 0) is 44.8 Å². The number of hydrogen-bond acceptors (Lipinski definition) is 4. The van der Waals surface area contributed by atoms with Gasteiger partial charge in [-0.1, -0.05) is 112 Å². The second-order valence-electron chi connectivity index (χ2n) is 8.78.